The number of nitrogens with one attached hydrogen (secondary N) is 2. The number of rotatable bonds is 8. The van der Waals surface area contributed by atoms with E-state index in [0.717, 1.165) is 41.1 Å². The van der Waals surface area contributed by atoms with E-state index in [-0.39, 0.29) is 5.75 Å². The van der Waals surface area contributed by atoms with Gasteiger partial charge in [-0.1, -0.05) is 24.3 Å². The summed E-state index contributed by atoms with van der Waals surface area (Å²) >= 11 is 3.51. The first-order valence-electron chi connectivity index (χ1n) is 10.3. The van der Waals surface area contributed by atoms with Crippen molar-refractivity contribution in [3.8, 4) is 5.75 Å². The van der Waals surface area contributed by atoms with Gasteiger partial charge in [0.05, 0.1) is 4.47 Å². The van der Waals surface area contributed by atoms with Gasteiger partial charge >= 0.3 is 0 Å². The largest absolute Gasteiger partial charge is 0.508 e. The van der Waals surface area contributed by atoms with E-state index in [0.29, 0.717) is 5.95 Å². The number of hydrogen-bond acceptors (Lipinski definition) is 6. The van der Waals surface area contributed by atoms with Crippen LogP contribution in [0.1, 0.15) is 24.0 Å². The van der Waals surface area contributed by atoms with E-state index in [2.05, 4.69) is 65.7 Å². The molecule has 0 spiro atoms. The van der Waals surface area contributed by atoms with E-state index in [1.165, 1.54) is 31.5 Å². The smallest absolute Gasteiger partial charge is 0.229 e. The molecule has 3 N–H and O–H groups in total. The Hall–Kier alpha value is -2.64. The minimum atomic E-state index is 0.282. The van der Waals surface area contributed by atoms with Gasteiger partial charge in [-0.3, -0.25) is 4.90 Å². The molecule has 0 saturated carbocycles. The van der Waals surface area contributed by atoms with Crippen LogP contribution in [0.5, 0.6) is 5.75 Å². The molecule has 0 radical (unpaired) electrons. The number of aromatic hydroxyl groups is 1. The standard InChI is InChI=1S/C23H26BrN5O/c24-21-15-26-23(28-22(21)25-12-11-17-5-9-20(30)10-6-17)27-19-7-3-18(4-8-19)16-29-13-1-2-14-29/h3-10,15,30H,1-2,11-14,16H2,(H2,25,26,27,28). The molecule has 2 aromatic carbocycles. The fraction of sp³-hybridized carbons (Fsp3) is 0.304. The van der Waals surface area contributed by atoms with Crippen molar-refractivity contribution in [1.82, 2.24) is 14.9 Å². The van der Waals surface area contributed by atoms with Crippen LogP contribution in [0.3, 0.4) is 0 Å². The second-order valence-corrected chi connectivity index (χ2v) is 8.39. The zero-order valence-electron chi connectivity index (χ0n) is 16.8. The number of aromatic nitrogens is 2. The number of likely N-dealkylation sites (tertiary alicyclic amines) is 1. The minimum Gasteiger partial charge on any atom is -0.508 e. The van der Waals surface area contributed by atoms with Crippen molar-refractivity contribution in [2.45, 2.75) is 25.8 Å². The summed E-state index contributed by atoms with van der Waals surface area (Å²) in [6.07, 6.45) is 5.20. The maximum atomic E-state index is 9.38. The molecule has 0 bridgehead atoms. The molecule has 0 amide bonds. The third kappa shape index (κ3) is 5.70. The third-order valence-electron chi connectivity index (χ3n) is 5.20. The number of phenols is 1. The molecule has 1 fully saturated rings. The first-order valence-corrected chi connectivity index (χ1v) is 11.1. The van der Waals surface area contributed by atoms with Crippen molar-refractivity contribution in [3.05, 3.63) is 70.3 Å². The number of nitrogens with zero attached hydrogens (tertiary/aromatic N) is 3. The number of anilines is 3. The van der Waals surface area contributed by atoms with E-state index >= 15 is 0 Å². The molecule has 3 aromatic rings. The summed E-state index contributed by atoms with van der Waals surface area (Å²) in [5.41, 5.74) is 3.45. The van der Waals surface area contributed by atoms with Crippen LogP contribution in [-0.4, -0.2) is 39.6 Å². The van der Waals surface area contributed by atoms with Crippen LogP contribution in [0.15, 0.2) is 59.2 Å². The summed E-state index contributed by atoms with van der Waals surface area (Å²) in [7, 11) is 0. The van der Waals surface area contributed by atoms with E-state index < -0.39 is 0 Å². The highest BCUT2D eigenvalue weighted by Crippen LogP contribution is 2.23. The number of halogens is 1. The van der Waals surface area contributed by atoms with Crippen molar-refractivity contribution in [2.24, 2.45) is 0 Å². The number of hydrogen-bond donors (Lipinski definition) is 3. The molecule has 0 atom stereocenters. The Labute approximate surface area is 185 Å². The van der Waals surface area contributed by atoms with Crippen LogP contribution in [0.2, 0.25) is 0 Å². The molecule has 2 heterocycles. The van der Waals surface area contributed by atoms with Crippen molar-refractivity contribution < 1.29 is 5.11 Å². The Bertz CT molecular complexity index is 956. The molecule has 1 aliphatic heterocycles. The van der Waals surface area contributed by atoms with Crippen LogP contribution in [0.4, 0.5) is 17.5 Å². The van der Waals surface area contributed by atoms with Gasteiger partial charge in [-0.2, -0.15) is 4.98 Å². The van der Waals surface area contributed by atoms with Gasteiger partial charge in [0.1, 0.15) is 11.6 Å². The molecule has 7 heteroatoms. The van der Waals surface area contributed by atoms with Crippen LogP contribution in [-0.2, 0) is 13.0 Å². The molecule has 6 nitrogen and oxygen atoms in total. The minimum absolute atomic E-state index is 0.282. The summed E-state index contributed by atoms with van der Waals surface area (Å²) in [6.45, 7) is 4.15. The molecule has 4 rings (SSSR count). The lowest BCUT2D eigenvalue weighted by atomic mass is 10.1. The Morgan fingerprint density at radius 1 is 0.967 bits per heavy atom. The molecule has 30 heavy (non-hydrogen) atoms. The zero-order chi connectivity index (χ0) is 20.8. The van der Waals surface area contributed by atoms with Gasteiger partial charge in [0, 0.05) is 25.0 Å². The van der Waals surface area contributed by atoms with Gasteiger partial charge in [-0.25, -0.2) is 4.98 Å². The molecule has 1 aromatic heterocycles. The average molecular weight is 468 g/mol. The molecular weight excluding hydrogens is 442 g/mol. The van der Waals surface area contributed by atoms with Gasteiger partial charge < -0.3 is 15.7 Å². The molecule has 1 saturated heterocycles. The molecule has 156 valence electrons. The Morgan fingerprint density at radius 2 is 1.67 bits per heavy atom. The first-order chi connectivity index (χ1) is 14.7. The highest BCUT2D eigenvalue weighted by atomic mass is 79.9. The van der Waals surface area contributed by atoms with E-state index in [1.807, 2.05) is 12.1 Å². The van der Waals surface area contributed by atoms with E-state index in [9.17, 15) is 5.11 Å². The van der Waals surface area contributed by atoms with Crippen molar-refractivity contribution in [1.29, 1.82) is 0 Å². The fourth-order valence-electron chi connectivity index (χ4n) is 3.56. The summed E-state index contributed by atoms with van der Waals surface area (Å²) < 4.78 is 0.819. The summed E-state index contributed by atoms with van der Waals surface area (Å²) in [5, 5.41) is 16.0. The predicted octanol–water partition coefficient (Wildman–Crippen LogP) is 4.94. The third-order valence-corrected chi connectivity index (χ3v) is 5.78. The predicted molar refractivity (Wildman–Crippen MR) is 124 cm³/mol. The molecular formula is C23H26BrN5O. The first kappa shape index (κ1) is 20.6. The van der Waals surface area contributed by atoms with Crippen molar-refractivity contribution >= 4 is 33.4 Å². The topological polar surface area (TPSA) is 73.3 Å². The van der Waals surface area contributed by atoms with Crippen molar-refractivity contribution in [2.75, 3.05) is 30.3 Å². The van der Waals surface area contributed by atoms with E-state index in [4.69, 9.17) is 0 Å². The maximum absolute atomic E-state index is 9.38. The fourth-order valence-corrected chi connectivity index (χ4v) is 3.89. The highest BCUT2D eigenvalue weighted by molar-refractivity contribution is 9.10. The Morgan fingerprint density at radius 3 is 2.40 bits per heavy atom. The lowest BCUT2D eigenvalue weighted by molar-refractivity contribution is 0.331. The molecule has 0 unspecified atom stereocenters. The second-order valence-electron chi connectivity index (χ2n) is 7.54. The average Bonchev–Trinajstić information content (AvgIpc) is 3.26. The van der Waals surface area contributed by atoms with Gasteiger partial charge in [0.25, 0.3) is 0 Å². The van der Waals surface area contributed by atoms with Crippen molar-refractivity contribution in [3.63, 3.8) is 0 Å². The Kier molecular flexibility index (Phi) is 6.81. The SMILES string of the molecule is Oc1ccc(CCNc2nc(Nc3ccc(CN4CCCC4)cc3)ncc2Br)cc1. The monoisotopic (exact) mass is 467 g/mol. The highest BCUT2D eigenvalue weighted by Gasteiger charge is 2.11. The van der Waals surface area contributed by atoms with Crippen LogP contribution in [0.25, 0.3) is 0 Å². The summed E-state index contributed by atoms with van der Waals surface area (Å²) in [5.74, 6) is 1.58. The maximum Gasteiger partial charge on any atom is 0.229 e. The summed E-state index contributed by atoms with van der Waals surface area (Å²) in [6, 6.07) is 15.7. The lowest BCUT2D eigenvalue weighted by Crippen LogP contribution is -2.18. The quantitative estimate of drug-likeness (QED) is 0.435. The normalized spacial score (nSPS) is 14.0. The van der Waals surface area contributed by atoms with Crippen LogP contribution < -0.4 is 10.6 Å². The van der Waals surface area contributed by atoms with Gasteiger partial charge in [0.15, 0.2) is 0 Å². The summed E-state index contributed by atoms with van der Waals surface area (Å²) in [4.78, 5) is 11.5. The van der Waals surface area contributed by atoms with Crippen LogP contribution in [0, 0.1) is 0 Å². The van der Waals surface area contributed by atoms with Crippen LogP contribution >= 0.6 is 15.9 Å². The van der Waals surface area contributed by atoms with Gasteiger partial charge in [-0.15, -0.1) is 0 Å². The molecule has 1 aliphatic rings. The lowest BCUT2D eigenvalue weighted by Gasteiger charge is -2.15. The second kappa shape index (κ2) is 9.91. The van der Waals surface area contributed by atoms with E-state index in [1.54, 1.807) is 18.3 Å². The number of phenolic OH excluding ortho intramolecular Hbond substituents is 1. The van der Waals surface area contributed by atoms with Gasteiger partial charge in [0.2, 0.25) is 5.95 Å². The number of benzene rings is 2. The molecule has 0 aliphatic carbocycles. The Balaban J connectivity index is 1.33. The van der Waals surface area contributed by atoms with Gasteiger partial charge in [-0.05, 0) is 83.7 Å². The zero-order valence-corrected chi connectivity index (χ0v) is 18.4.